The fourth-order valence-electron chi connectivity index (χ4n) is 1.53. The van der Waals surface area contributed by atoms with Gasteiger partial charge in [-0.2, -0.15) is 0 Å². The summed E-state index contributed by atoms with van der Waals surface area (Å²) in [5.41, 5.74) is 2.44. The van der Waals surface area contributed by atoms with Gasteiger partial charge in [0, 0.05) is 5.56 Å². The normalized spacial score (nSPS) is 10.4. The number of benzene rings is 1. The Morgan fingerprint density at radius 3 is 2.64 bits per heavy atom. The van der Waals surface area contributed by atoms with Crippen LogP contribution in [0.5, 0.6) is 0 Å². The molecule has 0 aliphatic carbocycles. The number of hydrogen-bond donors (Lipinski definition) is 1. The topological polar surface area (TPSA) is 41.6 Å². The van der Waals surface area contributed by atoms with E-state index < -0.39 is 0 Å². The minimum atomic E-state index is 0.853. The molecule has 0 radical (unpaired) electrons. The first-order chi connectivity index (χ1) is 6.81. The molecule has 3 nitrogen and oxygen atoms in total. The van der Waals surface area contributed by atoms with Crippen LogP contribution in [0.4, 0.5) is 0 Å². The Kier molecular flexibility index (Phi) is 2.31. The third-order valence-corrected chi connectivity index (χ3v) is 2.25. The molecule has 1 N–H and O–H groups in total. The van der Waals surface area contributed by atoms with Crippen molar-refractivity contribution in [2.75, 3.05) is 0 Å². The second kappa shape index (κ2) is 3.62. The number of aryl methyl sites for hydroxylation is 2. The third-order valence-electron chi connectivity index (χ3n) is 2.25. The van der Waals surface area contributed by atoms with Crippen molar-refractivity contribution >= 4 is 0 Å². The van der Waals surface area contributed by atoms with Gasteiger partial charge in [-0.15, -0.1) is 10.2 Å². The number of H-pyrrole nitrogens is 1. The van der Waals surface area contributed by atoms with Crippen LogP contribution in [0.1, 0.15) is 18.3 Å². The van der Waals surface area contributed by atoms with Gasteiger partial charge in [0.25, 0.3) is 0 Å². The van der Waals surface area contributed by atoms with Gasteiger partial charge < -0.3 is 4.98 Å². The Hall–Kier alpha value is -1.64. The molecular formula is C11H13N3. The van der Waals surface area contributed by atoms with Crippen molar-refractivity contribution in [3.05, 3.63) is 35.7 Å². The van der Waals surface area contributed by atoms with Crippen LogP contribution in [0, 0.1) is 6.92 Å². The van der Waals surface area contributed by atoms with E-state index in [1.54, 1.807) is 0 Å². The van der Waals surface area contributed by atoms with E-state index in [1.165, 1.54) is 5.56 Å². The number of aromatic amines is 1. The summed E-state index contributed by atoms with van der Waals surface area (Å²) in [5.74, 6) is 1.71. The molecule has 0 amide bonds. The highest BCUT2D eigenvalue weighted by molar-refractivity contribution is 5.59. The molecule has 2 aromatic rings. The predicted molar refractivity (Wildman–Crippen MR) is 55.9 cm³/mol. The zero-order valence-electron chi connectivity index (χ0n) is 8.41. The van der Waals surface area contributed by atoms with Crippen LogP contribution in [0.2, 0.25) is 0 Å². The molecule has 72 valence electrons. The lowest BCUT2D eigenvalue weighted by Gasteiger charge is -2.02. The van der Waals surface area contributed by atoms with Crippen LogP contribution < -0.4 is 0 Å². The van der Waals surface area contributed by atoms with E-state index in [0.717, 1.165) is 23.6 Å². The molecule has 2 rings (SSSR count). The number of nitrogens with zero attached hydrogens (tertiary/aromatic N) is 2. The third kappa shape index (κ3) is 1.53. The van der Waals surface area contributed by atoms with E-state index in [1.807, 2.05) is 19.1 Å². The minimum absolute atomic E-state index is 0.853. The molecule has 14 heavy (non-hydrogen) atoms. The molecule has 1 aromatic carbocycles. The average molecular weight is 187 g/mol. The van der Waals surface area contributed by atoms with Gasteiger partial charge >= 0.3 is 0 Å². The summed E-state index contributed by atoms with van der Waals surface area (Å²) in [5, 5.41) is 8.05. The predicted octanol–water partition coefficient (Wildman–Crippen LogP) is 2.34. The molecule has 0 fully saturated rings. The maximum atomic E-state index is 4.09. The van der Waals surface area contributed by atoms with Gasteiger partial charge in [0.05, 0.1) is 0 Å². The number of nitrogens with one attached hydrogen (secondary N) is 1. The molecule has 0 unspecified atom stereocenters. The quantitative estimate of drug-likeness (QED) is 0.784. The first-order valence-corrected chi connectivity index (χ1v) is 4.79. The van der Waals surface area contributed by atoms with Crippen molar-refractivity contribution in [2.45, 2.75) is 20.3 Å². The Balaban J connectivity index is 2.50. The van der Waals surface area contributed by atoms with Gasteiger partial charge in [0.15, 0.2) is 5.82 Å². The van der Waals surface area contributed by atoms with Crippen LogP contribution >= 0.6 is 0 Å². The second-order valence-electron chi connectivity index (χ2n) is 3.27. The van der Waals surface area contributed by atoms with E-state index in [2.05, 4.69) is 34.2 Å². The summed E-state index contributed by atoms with van der Waals surface area (Å²) in [6.45, 7) is 4.05. The van der Waals surface area contributed by atoms with E-state index >= 15 is 0 Å². The largest absolute Gasteiger partial charge is 0.325 e. The molecule has 0 aliphatic rings. The van der Waals surface area contributed by atoms with Crippen molar-refractivity contribution in [1.82, 2.24) is 15.2 Å². The van der Waals surface area contributed by atoms with Gasteiger partial charge in [-0.3, -0.25) is 0 Å². The summed E-state index contributed by atoms with van der Waals surface area (Å²) < 4.78 is 0. The Morgan fingerprint density at radius 1 is 1.21 bits per heavy atom. The summed E-state index contributed by atoms with van der Waals surface area (Å²) in [6, 6.07) is 8.25. The van der Waals surface area contributed by atoms with E-state index in [4.69, 9.17) is 0 Å². The highest BCUT2D eigenvalue weighted by Gasteiger charge is 2.06. The molecular weight excluding hydrogens is 174 g/mol. The highest BCUT2D eigenvalue weighted by Crippen LogP contribution is 2.19. The van der Waals surface area contributed by atoms with E-state index in [0.29, 0.717) is 0 Å². The Bertz CT molecular complexity index is 432. The van der Waals surface area contributed by atoms with Crippen molar-refractivity contribution in [1.29, 1.82) is 0 Å². The molecule has 0 saturated heterocycles. The SMILES string of the molecule is CCc1ccccc1-c1nnc(C)[nH]1. The molecule has 0 atom stereocenters. The maximum absolute atomic E-state index is 4.09. The monoisotopic (exact) mass is 187 g/mol. The summed E-state index contributed by atoms with van der Waals surface area (Å²) in [6.07, 6.45) is 1.01. The molecule has 0 aliphatic heterocycles. The van der Waals surface area contributed by atoms with E-state index in [-0.39, 0.29) is 0 Å². The van der Waals surface area contributed by atoms with Crippen LogP contribution in [0.3, 0.4) is 0 Å². The zero-order valence-corrected chi connectivity index (χ0v) is 8.41. The van der Waals surface area contributed by atoms with Gasteiger partial charge in [0.2, 0.25) is 0 Å². The molecule has 1 heterocycles. The lowest BCUT2D eigenvalue weighted by Crippen LogP contribution is -1.88. The molecule has 1 aromatic heterocycles. The summed E-state index contributed by atoms with van der Waals surface area (Å²) in [4.78, 5) is 3.14. The fraction of sp³-hybridized carbons (Fsp3) is 0.273. The standard InChI is InChI=1S/C11H13N3/c1-3-9-6-4-5-7-10(9)11-12-8(2)13-14-11/h4-7H,3H2,1-2H3,(H,12,13,14). The first-order valence-electron chi connectivity index (χ1n) is 4.79. The second-order valence-corrected chi connectivity index (χ2v) is 3.27. The van der Waals surface area contributed by atoms with E-state index in [9.17, 15) is 0 Å². The van der Waals surface area contributed by atoms with Gasteiger partial charge in [-0.1, -0.05) is 31.2 Å². The molecule has 0 bridgehead atoms. The minimum Gasteiger partial charge on any atom is -0.325 e. The zero-order chi connectivity index (χ0) is 9.97. The summed E-state index contributed by atoms with van der Waals surface area (Å²) in [7, 11) is 0. The maximum Gasteiger partial charge on any atom is 0.161 e. The molecule has 0 spiro atoms. The van der Waals surface area contributed by atoms with Crippen molar-refractivity contribution in [2.24, 2.45) is 0 Å². The van der Waals surface area contributed by atoms with Crippen LogP contribution in [0.15, 0.2) is 24.3 Å². The number of rotatable bonds is 2. The summed E-state index contributed by atoms with van der Waals surface area (Å²) >= 11 is 0. The van der Waals surface area contributed by atoms with Gasteiger partial charge in [-0.25, -0.2) is 0 Å². The van der Waals surface area contributed by atoms with Crippen molar-refractivity contribution < 1.29 is 0 Å². The van der Waals surface area contributed by atoms with Crippen LogP contribution in [0.25, 0.3) is 11.4 Å². The van der Waals surface area contributed by atoms with Gasteiger partial charge in [0.1, 0.15) is 5.82 Å². The molecule has 3 heteroatoms. The van der Waals surface area contributed by atoms with Gasteiger partial charge in [-0.05, 0) is 18.9 Å². The Morgan fingerprint density at radius 2 is 2.00 bits per heavy atom. The first kappa shape index (κ1) is 8.94. The van der Waals surface area contributed by atoms with Crippen molar-refractivity contribution in [3.63, 3.8) is 0 Å². The Labute approximate surface area is 83.2 Å². The van der Waals surface area contributed by atoms with Crippen LogP contribution in [-0.4, -0.2) is 15.2 Å². The highest BCUT2D eigenvalue weighted by atomic mass is 15.2. The average Bonchev–Trinajstić information content (AvgIpc) is 2.65. The lowest BCUT2D eigenvalue weighted by atomic mass is 10.1. The number of aromatic nitrogens is 3. The fourth-order valence-corrected chi connectivity index (χ4v) is 1.53. The number of hydrogen-bond acceptors (Lipinski definition) is 2. The lowest BCUT2D eigenvalue weighted by molar-refractivity contribution is 1.04. The smallest absolute Gasteiger partial charge is 0.161 e. The van der Waals surface area contributed by atoms with Crippen molar-refractivity contribution in [3.8, 4) is 11.4 Å². The molecule has 0 saturated carbocycles. The van der Waals surface area contributed by atoms with Crippen LogP contribution in [-0.2, 0) is 6.42 Å².